The van der Waals surface area contributed by atoms with Gasteiger partial charge in [-0.1, -0.05) is 0 Å². The van der Waals surface area contributed by atoms with Crippen LogP contribution in [0.3, 0.4) is 0 Å². The van der Waals surface area contributed by atoms with E-state index in [9.17, 15) is 9.50 Å². The lowest BCUT2D eigenvalue weighted by molar-refractivity contribution is 0.340. The third-order valence-corrected chi connectivity index (χ3v) is 4.24. The Kier molecular flexibility index (Phi) is 3.84. The predicted octanol–water partition coefficient (Wildman–Crippen LogP) is 3.87. The maximum absolute atomic E-state index is 13.4. The van der Waals surface area contributed by atoms with E-state index in [2.05, 4.69) is 9.97 Å². The molecular weight excluding hydrogens is 335 g/mol. The molecule has 1 aromatic heterocycles. The van der Waals surface area contributed by atoms with Gasteiger partial charge in [-0.05, 0) is 49.4 Å². The summed E-state index contributed by atoms with van der Waals surface area (Å²) < 4.78 is 18.8. The van der Waals surface area contributed by atoms with Crippen LogP contribution in [0.5, 0.6) is 5.75 Å². The van der Waals surface area contributed by atoms with Crippen LogP contribution in [0.4, 0.5) is 10.1 Å². The number of H-pyrrole nitrogens is 1. The molecule has 0 bridgehead atoms. The summed E-state index contributed by atoms with van der Waals surface area (Å²) in [5, 5.41) is 18.9. The molecular formula is C19H17FN4O2. The van der Waals surface area contributed by atoms with E-state index in [1.54, 1.807) is 11.0 Å². The van der Waals surface area contributed by atoms with E-state index in [0.717, 1.165) is 11.4 Å². The molecule has 0 atom stereocenters. The van der Waals surface area contributed by atoms with Crippen LogP contribution in [0.2, 0.25) is 0 Å². The van der Waals surface area contributed by atoms with Crippen LogP contribution in [0.1, 0.15) is 12.7 Å². The summed E-state index contributed by atoms with van der Waals surface area (Å²) >= 11 is 0. The number of imidazole rings is 1. The number of nitrogens with one attached hydrogen (secondary N) is 2. The Morgan fingerprint density at radius 1 is 1.27 bits per heavy atom. The molecule has 132 valence electrons. The van der Waals surface area contributed by atoms with Crippen molar-refractivity contribution in [3.8, 4) is 5.75 Å². The highest BCUT2D eigenvalue weighted by Gasteiger charge is 2.31. The smallest absolute Gasteiger partial charge is 0.145 e. The van der Waals surface area contributed by atoms with Crippen molar-refractivity contribution >= 4 is 28.1 Å². The zero-order chi connectivity index (χ0) is 18.3. The van der Waals surface area contributed by atoms with Crippen molar-refractivity contribution in [1.82, 2.24) is 9.97 Å². The van der Waals surface area contributed by atoms with Gasteiger partial charge in [0.15, 0.2) is 0 Å². The average Bonchev–Trinajstić information content (AvgIpc) is 3.15. The maximum atomic E-state index is 13.4. The van der Waals surface area contributed by atoms with Crippen molar-refractivity contribution in [3.05, 3.63) is 59.9 Å². The fraction of sp³-hybridized carbons (Fsp3) is 0.158. The Hall–Kier alpha value is -3.35. The predicted molar refractivity (Wildman–Crippen MR) is 98.3 cm³/mol. The number of ether oxygens (including phenoxy) is 1. The van der Waals surface area contributed by atoms with Gasteiger partial charge in [0.25, 0.3) is 0 Å². The monoisotopic (exact) mass is 352 g/mol. The topological polar surface area (TPSA) is 85.2 Å². The van der Waals surface area contributed by atoms with Gasteiger partial charge >= 0.3 is 0 Å². The number of hydrogen-bond acceptors (Lipinski definition) is 4. The number of nitrogens with zero attached hydrogens (tertiary/aromatic N) is 2. The van der Waals surface area contributed by atoms with Crippen LogP contribution in [0.25, 0.3) is 16.6 Å². The number of halogens is 1. The van der Waals surface area contributed by atoms with Crippen LogP contribution in [-0.4, -0.2) is 34.1 Å². The molecule has 3 N–H and O–H groups in total. The van der Waals surface area contributed by atoms with Gasteiger partial charge in [-0.2, -0.15) is 0 Å². The second-order valence-electron chi connectivity index (χ2n) is 5.93. The number of hydrogen-bond donors (Lipinski definition) is 3. The Balaban J connectivity index is 1.65. The van der Waals surface area contributed by atoms with Crippen molar-refractivity contribution in [2.75, 3.05) is 18.1 Å². The van der Waals surface area contributed by atoms with Crippen LogP contribution in [0, 0.1) is 11.2 Å². The Labute approximate surface area is 149 Å². The number of aliphatic hydroxyl groups excluding tert-OH is 1. The van der Waals surface area contributed by atoms with Gasteiger partial charge in [0.1, 0.15) is 29.0 Å². The fourth-order valence-corrected chi connectivity index (χ4v) is 3.04. The summed E-state index contributed by atoms with van der Waals surface area (Å²) in [5.41, 5.74) is 2.18. The minimum absolute atomic E-state index is 0.0448. The summed E-state index contributed by atoms with van der Waals surface area (Å²) in [7, 11) is 0. The number of aliphatic hydroxyl groups is 1. The Bertz CT molecular complexity index is 1020. The first kappa shape index (κ1) is 16.1. The molecule has 6 nitrogen and oxygen atoms in total. The van der Waals surface area contributed by atoms with E-state index in [4.69, 9.17) is 10.1 Å². The minimum atomic E-state index is -0.372. The van der Waals surface area contributed by atoms with Gasteiger partial charge in [0.2, 0.25) is 0 Å². The van der Waals surface area contributed by atoms with Crippen molar-refractivity contribution in [3.63, 3.8) is 0 Å². The first-order chi connectivity index (χ1) is 12.6. The number of amidine groups is 1. The number of benzene rings is 2. The van der Waals surface area contributed by atoms with Crippen molar-refractivity contribution in [1.29, 1.82) is 5.41 Å². The fourth-order valence-electron chi connectivity index (χ4n) is 3.04. The molecule has 26 heavy (non-hydrogen) atoms. The van der Waals surface area contributed by atoms with E-state index >= 15 is 0 Å². The van der Waals surface area contributed by atoms with E-state index in [0.29, 0.717) is 29.0 Å². The zero-order valence-electron chi connectivity index (χ0n) is 14.1. The molecule has 0 amide bonds. The quantitative estimate of drug-likeness (QED) is 0.665. The molecule has 3 aromatic rings. The highest BCUT2D eigenvalue weighted by molar-refractivity contribution is 6.30. The number of fused-ring (bicyclic) bond motifs is 1. The van der Waals surface area contributed by atoms with E-state index in [1.807, 2.05) is 31.2 Å². The van der Waals surface area contributed by atoms with Gasteiger partial charge in [0, 0.05) is 5.69 Å². The lowest BCUT2D eigenvalue weighted by atomic mass is 10.2. The van der Waals surface area contributed by atoms with Gasteiger partial charge in [-0.15, -0.1) is 0 Å². The van der Waals surface area contributed by atoms with E-state index in [-0.39, 0.29) is 24.0 Å². The van der Waals surface area contributed by atoms with Crippen molar-refractivity contribution in [2.45, 2.75) is 6.92 Å². The van der Waals surface area contributed by atoms with Crippen LogP contribution < -0.4 is 9.64 Å². The standard InChI is InChI=1S/C19H17FN4O2/c1-2-26-13-6-4-12(5-7-13)24-10-16(25)17(18(24)21)19-22-14-8-3-11(20)9-15(14)23-19/h3-9,21,25H,2,10H2,1H3,(H,22,23). The number of anilines is 1. The Morgan fingerprint density at radius 3 is 2.77 bits per heavy atom. The summed E-state index contributed by atoms with van der Waals surface area (Å²) in [6.45, 7) is 2.67. The molecule has 1 aliphatic rings. The van der Waals surface area contributed by atoms with Crippen LogP contribution >= 0.6 is 0 Å². The zero-order valence-corrected chi connectivity index (χ0v) is 14.1. The summed E-state index contributed by atoms with van der Waals surface area (Å²) in [4.78, 5) is 9.03. The lowest BCUT2D eigenvalue weighted by Gasteiger charge is -2.18. The van der Waals surface area contributed by atoms with Gasteiger partial charge in [-0.25, -0.2) is 9.37 Å². The molecule has 1 aliphatic heterocycles. The van der Waals surface area contributed by atoms with Gasteiger partial charge in [0.05, 0.1) is 29.8 Å². The van der Waals surface area contributed by atoms with Crippen molar-refractivity contribution in [2.24, 2.45) is 0 Å². The molecule has 7 heteroatoms. The third-order valence-electron chi connectivity index (χ3n) is 4.24. The summed E-state index contributed by atoms with van der Waals surface area (Å²) in [6, 6.07) is 11.6. The SMILES string of the molecule is CCOc1ccc(N2CC(O)=C(c3nc4ccc(F)cc4[nH]3)C2=N)cc1. The van der Waals surface area contributed by atoms with Crippen LogP contribution in [-0.2, 0) is 0 Å². The largest absolute Gasteiger partial charge is 0.509 e. The highest BCUT2D eigenvalue weighted by Crippen LogP contribution is 2.31. The molecule has 0 aliphatic carbocycles. The summed E-state index contributed by atoms with van der Waals surface area (Å²) in [6.07, 6.45) is 0. The molecule has 0 unspecified atom stereocenters. The summed E-state index contributed by atoms with van der Waals surface area (Å²) in [5.74, 6) is 0.901. The second-order valence-corrected chi connectivity index (χ2v) is 5.93. The number of aromatic amines is 1. The first-order valence-electron chi connectivity index (χ1n) is 8.24. The van der Waals surface area contributed by atoms with E-state index < -0.39 is 0 Å². The molecule has 0 radical (unpaired) electrons. The van der Waals surface area contributed by atoms with E-state index in [1.165, 1.54) is 12.1 Å². The molecule has 0 saturated heterocycles. The van der Waals surface area contributed by atoms with Crippen LogP contribution in [0.15, 0.2) is 48.2 Å². The molecule has 4 rings (SSSR count). The highest BCUT2D eigenvalue weighted by atomic mass is 19.1. The first-order valence-corrected chi connectivity index (χ1v) is 8.24. The molecule has 0 fully saturated rings. The van der Waals surface area contributed by atoms with Gasteiger partial charge < -0.3 is 19.7 Å². The second kappa shape index (κ2) is 6.18. The minimum Gasteiger partial charge on any atom is -0.509 e. The lowest BCUT2D eigenvalue weighted by Crippen LogP contribution is -2.26. The molecule has 2 heterocycles. The normalized spacial score (nSPS) is 14.5. The molecule has 2 aromatic carbocycles. The maximum Gasteiger partial charge on any atom is 0.145 e. The number of rotatable bonds is 4. The average molecular weight is 352 g/mol. The number of aromatic nitrogens is 2. The Morgan fingerprint density at radius 2 is 2.04 bits per heavy atom. The van der Waals surface area contributed by atoms with Crippen molar-refractivity contribution < 1.29 is 14.2 Å². The molecule has 0 saturated carbocycles. The third kappa shape index (κ3) is 2.67. The molecule has 0 spiro atoms. The van der Waals surface area contributed by atoms with Gasteiger partial charge in [-0.3, -0.25) is 5.41 Å².